The molecule has 0 bridgehead atoms. The number of carbonyl (C=O) groups is 4. The fourth-order valence-electron chi connectivity index (χ4n) is 3.62. The number of benzene rings is 1. The summed E-state index contributed by atoms with van der Waals surface area (Å²) in [6.45, 7) is 5.00. The van der Waals surface area contributed by atoms with Crippen LogP contribution in [0.25, 0.3) is 0 Å². The maximum atomic E-state index is 12.5. The van der Waals surface area contributed by atoms with Crippen molar-refractivity contribution in [1.29, 1.82) is 0 Å². The van der Waals surface area contributed by atoms with Gasteiger partial charge in [-0.15, -0.1) is 0 Å². The lowest BCUT2D eigenvalue weighted by atomic mass is 10.2. The van der Waals surface area contributed by atoms with Crippen LogP contribution in [0.1, 0.15) is 47.6 Å². The lowest BCUT2D eigenvalue weighted by Gasteiger charge is -2.22. The van der Waals surface area contributed by atoms with Crippen LogP contribution in [-0.4, -0.2) is 65.8 Å². The molecule has 1 N–H and O–H groups in total. The molecule has 0 spiro atoms. The van der Waals surface area contributed by atoms with E-state index < -0.39 is 24.5 Å². The van der Waals surface area contributed by atoms with Gasteiger partial charge in [0.1, 0.15) is 6.04 Å². The molecule has 1 atom stereocenters. The SMILES string of the molecule is CCN(CC)C(=O)c1ccc(NC(=O)COC(=O)[C@@H]2CCCN2C(=O)c2ccco2)cc1. The van der Waals surface area contributed by atoms with Gasteiger partial charge < -0.3 is 24.3 Å². The van der Waals surface area contributed by atoms with Gasteiger partial charge in [-0.25, -0.2) is 4.79 Å². The molecule has 9 nitrogen and oxygen atoms in total. The molecule has 2 heterocycles. The Morgan fingerprint density at radius 3 is 2.47 bits per heavy atom. The molecule has 32 heavy (non-hydrogen) atoms. The van der Waals surface area contributed by atoms with Gasteiger partial charge in [-0.2, -0.15) is 0 Å². The molecule has 0 unspecified atom stereocenters. The van der Waals surface area contributed by atoms with Crippen molar-refractivity contribution in [3.63, 3.8) is 0 Å². The highest BCUT2D eigenvalue weighted by Crippen LogP contribution is 2.21. The van der Waals surface area contributed by atoms with E-state index in [-0.39, 0.29) is 17.6 Å². The van der Waals surface area contributed by atoms with Crippen LogP contribution in [0.15, 0.2) is 47.1 Å². The van der Waals surface area contributed by atoms with Crippen LogP contribution < -0.4 is 5.32 Å². The summed E-state index contributed by atoms with van der Waals surface area (Å²) in [6.07, 6.45) is 2.53. The number of nitrogens with one attached hydrogen (secondary N) is 1. The minimum atomic E-state index is -0.745. The van der Waals surface area contributed by atoms with E-state index in [1.807, 2.05) is 13.8 Å². The number of hydrogen-bond donors (Lipinski definition) is 1. The normalized spacial score (nSPS) is 15.3. The summed E-state index contributed by atoms with van der Waals surface area (Å²) in [4.78, 5) is 52.6. The zero-order chi connectivity index (χ0) is 23.1. The lowest BCUT2D eigenvalue weighted by molar-refractivity contribution is -0.151. The summed E-state index contributed by atoms with van der Waals surface area (Å²) in [5.74, 6) is -1.43. The van der Waals surface area contributed by atoms with Crippen LogP contribution in [0.4, 0.5) is 5.69 Å². The molecule has 1 aliphatic rings. The maximum absolute atomic E-state index is 12.5. The van der Waals surface area contributed by atoms with Gasteiger partial charge in [0.05, 0.1) is 6.26 Å². The Labute approximate surface area is 186 Å². The zero-order valence-corrected chi connectivity index (χ0v) is 18.2. The topological polar surface area (TPSA) is 109 Å². The van der Waals surface area contributed by atoms with E-state index in [9.17, 15) is 19.2 Å². The predicted molar refractivity (Wildman–Crippen MR) is 116 cm³/mol. The molecule has 1 aromatic carbocycles. The third-order valence-corrected chi connectivity index (χ3v) is 5.33. The highest BCUT2D eigenvalue weighted by molar-refractivity contribution is 5.97. The Morgan fingerprint density at radius 1 is 1.12 bits per heavy atom. The monoisotopic (exact) mass is 441 g/mol. The first-order chi connectivity index (χ1) is 15.4. The van der Waals surface area contributed by atoms with E-state index in [4.69, 9.17) is 9.15 Å². The molecule has 9 heteroatoms. The molecule has 3 amide bonds. The molecule has 1 fully saturated rings. The molecule has 170 valence electrons. The number of anilines is 1. The second kappa shape index (κ2) is 10.6. The first kappa shape index (κ1) is 23.1. The Balaban J connectivity index is 1.50. The van der Waals surface area contributed by atoms with E-state index in [0.29, 0.717) is 43.7 Å². The lowest BCUT2D eigenvalue weighted by Crippen LogP contribution is -2.42. The number of furan rings is 1. The van der Waals surface area contributed by atoms with Crippen LogP contribution in [0.2, 0.25) is 0 Å². The summed E-state index contributed by atoms with van der Waals surface area (Å²) in [7, 11) is 0. The number of amides is 3. The number of nitrogens with zero attached hydrogens (tertiary/aromatic N) is 2. The van der Waals surface area contributed by atoms with Gasteiger partial charge in [0.15, 0.2) is 12.4 Å². The van der Waals surface area contributed by atoms with Crippen molar-refractivity contribution in [1.82, 2.24) is 9.80 Å². The smallest absolute Gasteiger partial charge is 0.329 e. The first-order valence-corrected chi connectivity index (χ1v) is 10.6. The van der Waals surface area contributed by atoms with Crippen molar-refractivity contribution in [3.05, 3.63) is 54.0 Å². The summed E-state index contributed by atoms with van der Waals surface area (Å²) in [5.41, 5.74) is 1.01. The van der Waals surface area contributed by atoms with Crippen LogP contribution in [0.3, 0.4) is 0 Å². The van der Waals surface area contributed by atoms with Gasteiger partial charge in [-0.1, -0.05) is 0 Å². The minimum absolute atomic E-state index is 0.0768. The van der Waals surface area contributed by atoms with E-state index >= 15 is 0 Å². The summed E-state index contributed by atoms with van der Waals surface area (Å²) in [6, 6.07) is 8.92. The van der Waals surface area contributed by atoms with Crippen molar-refractivity contribution < 1.29 is 28.3 Å². The van der Waals surface area contributed by atoms with Crippen LogP contribution in [-0.2, 0) is 14.3 Å². The number of hydrogen-bond acceptors (Lipinski definition) is 6. The van der Waals surface area contributed by atoms with Crippen LogP contribution in [0.5, 0.6) is 0 Å². The number of ether oxygens (including phenoxy) is 1. The average molecular weight is 441 g/mol. The van der Waals surface area contributed by atoms with Crippen molar-refractivity contribution in [2.45, 2.75) is 32.7 Å². The average Bonchev–Trinajstić information content (AvgIpc) is 3.51. The molecule has 0 saturated carbocycles. The molecular weight excluding hydrogens is 414 g/mol. The number of carbonyl (C=O) groups excluding carboxylic acids is 4. The Bertz CT molecular complexity index is 951. The van der Waals surface area contributed by atoms with Gasteiger partial charge in [0.2, 0.25) is 0 Å². The minimum Gasteiger partial charge on any atom is -0.459 e. The van der Waals surface area contributed by atoms with E-state index in [1.165, 1.54) is 17.2 Å². The Kier molecular flexibility index (Phi) is 7.64. The molecule has 0 radical (unpaired) electrons. The van der Waals surface area contributed by atoms with Crippen molar-refractivity contribution in [3.8, 4) is 0 Å². The standard InChI is InChI=1S/C23H27N3O6/c1-3-25(4-2)21(28)16-9-11-17(12-10-16)24-20(27)15-32-23(30)18-7-5-13-26(18)22(29)19-8-6-14-31-19/h6,8-12,14,18H,3-5,7,13,15H2,1-2H3,(H,24,27)/t18-/m0/s1. The second-order valence-electron chi connectivity index (χ2n) is 7.34. The highest BCUT2D eigenvalue weighted by atomic mass is 16.5. The zero-order valence-electron chi connectivity index (χ0n) is 18.2. The molecule has 1 saturated heterocycles. The van der Waals surface area contributed by atoms with E-state index in [0.717, 1.165) is 0 Å². The van der Waals surface area contributed by atoms with Crippen LogP contribution >= 0.6 is 0 Å². The summed E-state index contributed by atoms with van der Waals surface area (Å²) < 4.78 is 10.3. The number of esters is 1. The van der Waals surface area contributed by atoms with Gasteiger partial charge in [-0.05, 0) is 63.1 Å². The van der Waals surface area contributed by atoms with Gasteiger partial charge in [0, 0.05) is 30.9 Å². The maximum Gasteiger partial charge on any atom is 0.329 e. The molecule has 0 aliphatic carbocycles. The summed E-state index contributed by atoms with van der Waals surface area (Å²) in [5, 5.41) is 2.63. The number of likely N-dealkylation sites (tertiary alicyclic amines) is 1. The van der Waals surface area contributed by atoms with Crippen molar-refractivity contribution >= 4 is 29.4 Å². The molecular formula is C23H27N3O6. The first-order valence-electron chi connectivity index (χ1n) is 10.6. The van der Waals surface area contributed by atoms with Gasteiger partial charge in [0.25, 0.3) is 17.7 Å². The summed E-state index contributed by atoms with van der Waals surface area (Å²) >= 11 is 0. The fourth-order valence-corrected chi connectivity index (χ4v) is 3.62. The molecule has 1 aliphatic heterocycles. The third kappa shape index (κ3) is 5.35. The molecule has 3 rings (SSSR count). The third-order valence-electron chi connectivity index (χ3n) is 5.33. The van der Waals surface area contributed by atoms with Gasteiger partial charge >= 0.3 is 5.97 Å². The number of rotatable bonds is 8. The largest absolute Gasteiger partial charge is 0.459 e. The van der Waals surface area contributed by atoms with E-state index in [2.05, 4.69) is 5.32 Å². The highest BCUT2D eigenvalue weighted by Gasteiger charge is 2.36. The van der Waals surface area contributed by atoms with Gasteiger partial charge in [-0.3, -0.25) is 14.4 Å². The predicted octanol–water partition coefficient (Wildman–Crippen LogP) is 2.55. The Morgan fingerprint density at radius 2 is 1.84 bits per heavy atom. The van der Waals surface area contributed by atoms with Crippen LogP contribution in [0, 0.1) is 0 Å². The van der Waals surface area contributed by atoms with Crippen molar-refractivity contribution in [2.75, 3.05) is 31.6 Å². The Hall–Kier alpha value is -3.62. The van der Waals surface area contributed by atoms with Crippen molar-refractivity contribution in [2.24, 2.45) is 0 Å². The second-order valence-corrected chi connectivity index (χ2v) is 7.34. The molecule has 2 aromatic rings. The molecule has 1 aromatic heterocycles. The quantitative estimate of drug-likeness (QED) is 0.631. The fraction of sp³-hybridized carbons (Fsp3) is 0.391. The van der Waals surface area contributed by atoms with E-state index in [1.54, 1.807) is 35.2 Å².